The van der Waals surface area contributed by atoms with Crippen molar-refractivity contribution in [3.63, 3.8) is 0 Å². The van der Waals surface area contributed by atoms with E-state index in [1.54, 1.807) is 35.2 Å². The molecular weight excluding hydrogens is 416 g/mol. The predicted molar refractivity (Wildman–Crippen MR) is 119 cm³/mol. The van der Waals surface area contributed by atoms with Crippen molar-refractivity contribution in [1.29, 1.82) is 0 Å². The molecule has 4 rings (SSSR count). The summed E-state index contributed by atoms with van der Waals surface area (Å²) in [7, 11) is 1.50. The van der Waals surface area contributed by atoms with Crippen molar-refractivity contribution >= 4 is 34.6 Å². The molecule has 10 heteroatoms. The quantitative estimate of drug-likeness (QED) is 0.543. The number of carbonyl (C=O) groups excluding carboxylic acids is 2. The van der Waals surface area contributed by atoms with Crippen LogP contribution >= 0.6 is 0 Å². The van der Waals surface area contributed by atoms with Crippen LogP contribution in [-0.4, -0.2) is 56.7 Å². The number of hydrogen-bond acceptors (Lipinski definition) is 7. The van der Waals surface area contributed by atoms with Crippen molar-refractivity contribution in [2.75, 3.05) is 55.1 Å². The molecular formula is C22H24N4O6. The SMILES string of the molecule is COc1cc(NC(=O)c2ccc(N3CCOCC3)c([N+](=O)[O-])c2)ccc1N1CCCC1=O. The van der Waals surface area contributed by atoms with Gasteiger partial charge in [0.15, 0.2) is 0 Å². The summed E-state index contributed by atoms with van der Waals surface area (Å²) in [5.74, 6) is 0.0214. The Hall–Kier alpha value is -3.66. The van der Waals surface area contributed by atoms with Crippen LogP contribution in [0.1, 0.15) is 23.2 Å². The molecule has 0 atom stereocenters. The van der Waals surface area contributed by atoms with Crippen LogP contribution in [0.15, 0.2) is 36.4 Å². The first-order valence-electron chi connectivity index (χ1n) is 10.4. The first-order chi connectivity index (χ1) is 15.5. The summed E-state index contributed by atoms with van der Waals surface area (Å²) in [6.45, 7) is 2.73. The van der Waals surface area contributed by atoms with Crippen molar-refractivity contribution < 1.29 is 24.0 Å². The number of carbonyl (C=O) groups is 2. The second-order valence-corrected chi connectivity index (χ2v) is 7.55. The third-order valence-corrected chi connectivity index (χ3v) is 5.59. The smallest absolute Gasteiger partial charge is 0.293 e. The Balaban J connectivity index is 1.55. The van der Waals surface area contributed by atoms with Gasteiger partial charge >= 0.3 is 0 Å². The molecule has 0 radical (unpaired) electrons. The van der Waals surface area contributed by atoms with E-state index in [0.29, 0.717) is 62.1 Å². The van der Waals surface area contributed by atoms with Gasteiger partial charge in [-0.25, -0.2) is 0 Å². The molecule has 0 spiro atoms. The van der Waals surface area contributed by atoms with Gasteiger partial charge in [-0.2, -0.15) is 0 Å². The molecule has 0 bridgehead atoms. The summed E-state index contributed by atoms with van der Waals surface area (Å²) in [4.78, 5) is 39.6. The van der Waals surface area contributed by atoms with E-state index < -0.39 is 10.8 Å². The van der Waals surface area contributed by atoms with E-state index >= 15 is 0 Å². The largest absolute Gasteiger partial charge is 0.494 e. The fourth-order valence-corrected chi connectivity index (χ4v) is 3.97. The number of ether oxygens (including phenoxy) is 2. The minimum atomic E-state index is -0.480. The lowest BCUT2D eigenvalue weighted by molar-refractivity contribution is -0.384. The number of rotatable bonds is 6. The molecule has 32 heavy (non-hydrogen) atoms. The molecule has 2 fully saturated rings. The summed E-state index contributed by atoms with van der Waals surface area (Å²) in [5, 5.41) is 14.4. The molecule has 0 aromatic heterocycles. The summed E-state index contributed by atoms with van der Waals surface area (Å²) in [5.41, 5.74) is 1.63. The molecule has 0 unspecified atom stereocenters. The molecule has 10 nitrogen and oxygen atoms in total. The number of nitrogens with zero attached hydrogens (tertiary/aromatic N) is 3. The number of methoxy groups -OCH3 is 1. The van der Waals surface area contributed by atoms with Crippen molar-refractivity contribution in [3.05, 3.63) is 52.1 Å². The van der Waals surface area contributed by atoms with Gasteiger partial charge < -0.3 is 24.6 Å². The van der Waals surface area contributed by atoms with Crippen LogP contribution in [-0.2, 0) is 9.53 Å². The van der Waals surface area contributed by atoms with E-state index in [-0.39, 0.29) is 17.2 Å². The molecule has 2 aliphatic heterocycles. The fourth-order valence-electron chi connectivity index (χ4n) is 3.97. The molecule has 2 aromatic rings. The van der Waals surface area contributed by atoms with E-state index in [9.17, 15) is 19.7 Å². The minimum Gasteiger partial charge on any atom is -0.494 e. The van der Waals surface area contributed by atoms with Gasteiger partial charge in [-0.15, -0.1) is 0 Å². The number of hydrogen-bond donors (Lipinski definition) is 1. The first kappa shape index (κ1) is 21.6. The van der Waals surface area contributed by atoms with Crippen molar-refractivity contribution in [3.8, 4) is 5.75 Å². The molecule has 2 heterocycles. The van der Waals surface area contributed by atoms with Crippen LogP contribution in [0.3, 0.4) is 0 Å². The van der Waals surface area contributed by atoms with Crippen molar-refractivity contribution in [2.45, 2.75) is 12.8 Å². The van der Waals surface area contributed by atoms with Gasteiger partial charge in [0.05, 0.1) is 30.9 Å². The Morgan fingerprint density at radius 2 is 1.88 bits per heavy atom. The lowest BCUT2D eigenvalue weighted by Crippen LogP contribution is -2.36. The highest BCUT2D eigenvalue weighted by Gasteiger charge is 2.26. The van der Waals surface area contributed by atoms with E-state index in [0.717, 1.165) is 6.42 Å². The van der Waals surface area contributed by atoms with E-state index in [4.69, 9.17) is 9.47 Å². The molecule has 2 aliphatic rings. The van der Waals surface area contributed by atoms with Crippen LogP contribution < -0.4 is 19.9 Å². The zero-order chi connectivity index (χ0) is 22.7. The van der Waals surface area contributed by atoms with E-state index in [2.05, 4.69) is 5.32 Å². The maximum absolute atomic E-state index is 12.8. The Kier molecular flexibility index (Phi) is 6.22. The Labute approximate surface area is 184 Å². The zero-order valence-electron chi connectivity index (χ0n) is 17.7. The Bertz CT molecular complexity index is 1050. The minimum absolute atomic E-state index is 0.0350. The number of amides is 2. The average Bonchev–Trinajstić information content (AvgIpc) is 3.24. The number of nitro groups is 1. The zero-order valence-corrected chi connectivity index (χ0v) is 17.7. The Morgan fingerprint density at radius 3 is 2.53 bits per heavy atom. The number of nitrogens with one attached hydrogen (secondary N) is 1. The second-order valence-electron chi connectivity index (χ2n) is 7.55. The van der Waals surface area contributed by atoms with Gasteiger partial charge in [0.1, 0.15) is 11.4 Å². The van der Waals surface area contributed by atoms with Crippen LogP contribution in [0.5, 0.6) is 5.75 Å². The summed E-state index contributed by atoms with van der Waals surface area (Å²) >= 11 is 0. The monoisotopic (exact) mass is 440 g/mol. The van der Waals surface area contributed by atoms with Crippen molar-refractivity contribution in [1.82, 2.24) is 0 Å². The third kappa shape index (κ3) is 4.35. The van der Waals surface area contributed by atoms with Crippen molar-refractivity contribution in [2.24, 2.45) is 0 Å². The molecule has 0 aliphatic carbocycles. The second kappa shape index (κ2) is 9.23. The molecule has 2 saturated heterocycles. The Morgan fingerprint density at radius 1 is 1.12 bits per heavy atom. The van der Waals surface area contributed by atoms with Gasteiger partial charge in [0.2, 0.25) is 5.91 Å². The summed E-state index contributed by atoms with van der Waals surface area (Å²) in [6.07, 6.45) is 1.29. The molecule has 2 amide bonds. The molecule has 2 aromatic carbocycles. The van der Waals surface area contributed by atoms with Crippen LogP contribution in [0.2, 0.25) is 0 Å². The van der Waals surface area contributed by atoms with E-state index in [1.165, 1.54) is 13.2 Å². The normalized spacial score (nSPS) is 16.2. The lowest BCUT2D eigenvalue weighted by Gasteiger charge is -2.28. The first-order valence-corrected chi connectivity index (χ1v) is 10.4. The van der Waals surface area contributed by atoms with Gasteiger partial charge in [-0.1, -0.05) is 0 Å². The highest BCUT2D eigenvalue weighted by molar-refractivity contribution is 6.05. The topological polar surface area (TPSA) is 114 Å². The number of nitro benzene ring substituents is 1. The van der Waals surface area contributed by atoms with Crippen LogP contribution in [0, 0.1) is 10.1 Å². The fraction of sp³-hybridized carbons (Fsp3) is 0.364. The highest BCUT2D eigenvalue weighted by Crippen LogP contribution is 2.34. The standard InChI is InChI=1S/C22H24N4O6/c1-31-20-14-16(5-7-18(20)25-8-2-3-21(25)27)23-22(28)15-4-6-17(19(13-15)26(29)30)24-9-11-32-12-10-24/h4-7,13-14H,2-3,8-12H2,1H3,(H,23,28). The van der Waals surface area contributed by atoms with Crippen LogP contribution in [0.25, 0.3) is 0 Å². The number of morpholine rings is 1. The summed E-state index contributed by atoms with van der Waals surface area (Å²) in [6, 6.07) is 9.49. The maximum Gasteiger partial charge on any atom is 0.293 e. The maximum atomic E-state index is 12.8. The average molecular weight is 440 g/mol. The number of benzene rings is 2. The van der Waals surface area contributed by atoms with E-state index in [1.807, 2.05) is 4.90 Å². The van der Waals surface area contributed by atoms with Gasteiger partial charge in [0, 0.05) is 49.4 Å². The third-order valence-electron chi connectivity index (χ3n) is 5.59. The summed E-state index contributed by atoms with van der Waals surface area (Å²) < 4.78 is 10.7. The lowest BCUT2D eigenvalue weighted by atomic mass is 10.1. The van der Waals surface area contributed by atoms with Crippen LogP contribution in [0.4, 0.5) is 22.7 Å². The molecule has 0 saturated carbocycles. The predicted octanol–water partition coefficient (Wildman–Crippen LogP) is 2.82. The molecule has 1 N–H and O–H groups in total. The molecule has 168 valence electrons. The van der Waals surface area contributed by atoms with Gasteiger partial charge in [-0.3, -0.25) is 19.7 Å². The number of anilines is 3. The highest BCUT2D eigenvalue weighted by atomic mass is 16.6. The van der Waals surface area contributed by atoms with Gasteiger partial charge in [0.25, 0.3) is 11.6 Å². The van der Waals surface area contributed by atoms with Gasteiger partial charge in [-0.05, 0) is 30.7 Å².